The van der Waals surface area contributed by atoms with Crippen LogP contribution in [0.2, 0.25) is 0 Å². The fourth-order valence-electron chi connectivity index (χ4n) is 3.41. The summed E-state index contributed by atoms with van der Waals surface area (Å²) in [5, 5.41) is 0. The van der Waals surface area contributed by atoms with Gasteiger partial charge in [0.2, 0.25) is 13.1 Å². The molecular formula is C20H46N4O2P2S2. The van der Waals surface area contributed by atoms with Gasteiger partial charge in [-0.15, -0.1) is 0 Å². The maximum absolute atomic E-state index is 5.96. The molecule has 2 rings (SSSR count). The predicted octanol–water partition coefficient (Wildman–Crippen LogP) is 4.79. The Morgan fingerprint density at radius 3 is 1.13 bits per heavy atom. The van der Waals surface area contributed by atoms with Crippen molar-refractivity contribution in [1.82, 2.24) is 18.7 Å². The number of nitrogens with zero attached hydrogens (tertiary/aromatic N) is 4. The highest BCUT2D eigenvalue weighted by Gasteiger charge is 2.39. The van der Waals surface area contributed by atoms with Crippen LogP contribution >= 0.6 is 13.1 Å². The average Bonchev–Trinajstić information content (AvgIpc) is 2.58. The summed E-state index contributed by atoms with van der Waals surface area (Å²) in [7, 11) is 12.2. The number of hydrogen-bond donors (Lipinski definition) is 0. The third-order valence-corrected chi connectivity index (χ3v) is 15.5. The summed E-state index contributed by atoms with van der Waals surface area (Å²) >= 11 is 11.2. The van der Waals surface area contributed by atoms with Gasteiger partial charge in [0.1, 0.15) is 0 Å². The Morgan fingerprint density at radius 1 is 0.700 bits per heavy atom. The zero-order chi connectivity index (χ0) is 23.7. The van der Waals surface area contributed by atoms with Gasteiger partial charge in [-0.25, -0.2) is 18.7 Å². The minimum atomic E-state index is -1.88. The van der Waals surface area contributed by atoms with Gasteiger partial charge in [-0.3, -0.25) is 0 Å². The van der Waals surface area contributed by atoms with Crippen LogP contribution in [0.25, 0.3) is 0 Å². The average molecular weight is 501 g/mol. The van der Waals surface area contributed by atoms with Crippen LogP contribution in [0.3, 0.4) is 0 Å². The van der Waals surface area contributed by atoms with Crippen LogP contribution in [0.1, 0.15) is 41.5 Å². The molecular weight excluding hydrogens is 454 g/mol. The third-order valence-electron chi connectivity index (χ3n) is 6.18. The largest absolute Gasteiger partial charge is 0.326 e. The first-order valence-electron chi connectivity index (χ1n) is 10.6. The molecule has 0 radical (unpaired) electrons. The monoisotopic (exact) mass is 500 g/mol. The molecule has 0 N–H and O–H groups in total. The fraction of sp³-hybridized carbons (Fsp3) is 1.00. The smallest absolute Gasteiger partial charge is 0.202 e. The lowest BCUT2D eigenvalue weighted by Gasteiger charge is -2.46. The first kappa shape index (κ1) is 29.1. The molecule has 4 unspecified atom stereocenters. The van der Waals surface area contributed by atoms with Gasteiger partial charge in [0.15, 0.2) is 0 Å². The van der Waals surface area contributed by atoms with Gasteiger partial charge in [-0.2, -0.15) is 0 Å². The molecule has 10 heteroatoms. The Kier molecular flexibility index (Phi) is 10.2. The fourth-order valence-corrected chi connectivity index (χ4v) is 7.81. The second-order valence-corrected chi connectivity index (χ2v) is 19.4. The lowest BCUT2D eigenvalue weighted by atomic mass is 9.81. The highest BCUT2D eigenvalue weighted by Crippen LogP contribution is 2.57. The zero-order valence-electron chi connectivity index (χ0n) is 21.3. The van der Waals surface area contributed by atoms with Gasteiger partial charge in [0.25, 0.3) is 0 Å². The van der Waals surface area contributed by atoms with Crippen molar-refractivity contribution in [3.8, 4) is 0 Å². The Bertz CT molecular complexity index is 606. The summed E-state index contributed by atoms with van der Waals surface area (Å²) in [5.41, 5.74) is 0.586. The van der Waals surface area contributed by atoms with Gasteiger partial charge < -0.3 is 9.05 Å². The van der Waals surface area contributed by atoms with Gasteiger partial charge in [-0.05, 0) is 76.7 Å². The summed E-state index contributed by atoms with van der Waals surface area (Å²) < 4.78 is 20.5. The van der Waals surface area contributed by atoms with Crippen LogP contribution in [0, 0.1) is 22.7 Å². The van der Waals surface area contributed by atoms with Crippen molar-refractivity contribution in [2.75, 3.05) is 68.6 Å². The summed E-state index contributed by atoms with van der Waals surface area (Å²) in [6.45, 7) is 13.5. The number of rotatable bonds is 2. The van der Waals surface area contributed by atoms with Crippen LogP contribution in [0.15, 0.2) is 0 Å². The van der Waals surface area contributed by atoms with Gasteiger partial charge in [-0.1, -0.05) is 41.5 Å². The van der Waals surface area contributed by atoms with E-state index in [0.717, 1.165) is 26.3 Å². The minimum Gasteiger partial charge on any atom is -0.326 e. The zero-order valence-corrected chi connectivity index (χ0v) is 24.7. The quantitative estimate of drug-likeness (QED) is 0.500. The molecule has 0 aromatic carbocycles. The molecule has 0 aliphatic carbocycles. The summed E-state index contributed by atoms with van der Waals surface area (Å²) in [5.74, 6) is 1.14. The highest BCUT2D eigenvalue weighted by molar-refractivity contribution is 8.10. The lowest BCUT2D eigenvalue weighted by Crippen LogP contribution is -2.42. The van der Waals surface area contributed by atoms with E-state index in [2.05, 4.69) is 74.3 Å². The van der Waals surface area contributed by atoms with Crippen LogP contribution in [-0.4, -0.2) is 87.3 Å². The van der Waals surface area contributed by atoms with E-state index in [1.54, 1.807) is 0 Å². The van der Waals surface area contributed by atoms with Crippen molar-refractivity contribution in [3.05, 3.63) is 0 Å². The van der Waals surface area contributed by atoms with Crippen LogP contribution in [-0.2, 0) is 32.7 Å². The molecule has 2 heterocycles. The maximum Gasteiger partial charge on any atom is 0.202 e. The number of hydrogen-bond acceptors (Lipinski definition) is 4. The van der Waals surface area contributed by atoms with Crippen molar-refractivity contribution in [2.24, 2.45) is 22.7 Å². The molecule has 180 valence electrons. The van der Waals surface area contributed by atoms with E-state index < -0.39 is 13.1 Å². The normalized spacial score (nSPS) is 34.7. The first-order valence-corrected chi connectivity index (χ1v) is 15.9. The Hall–Kier alpha value is 1.06. The van der Waals surface area contributed by atoms with Gasteiger partial charge in [0, 0.05) is 24.9 Å². The maximum atomic E-state index is 5.96. The summed E-state index contributed by atoms with van der Waals surface area (Å²) in [6.07, 6.45) is 0. The van der Waals surface area contributed by atoms with E-state index in [9.17, 15) is 0 Å². The van der Waals surface area contributed by atoms with E-state index in [1.165, 1.54) is 0 Å². The molecule has 2 aliphatic rings. The van der Waals surface area contributed by atoms with E-state index in [-0.39, 0.29) is 0 Å². The van der Waals surface area contributed by atoms with Crippen LogP contribution in [0.4, 0.5) is 0 Å². The van der Waals surface area contributed by atoms with Gasteiger partial charge >= 0.3 is 0 Å². The molecule has 2 aliphatic heterocycles. The van der Waals surface area contributed by atoms with Crippen molar-refractivity contribution < 1.29 is 9.05 Å². The van der Waals surface area contributed by atoms with E-state index in [1.807, 2.05) is 28.2 Å². The molecule has 0 bridgehead atoms. The van der Waals surface area contributed by atoms with Crippen molar-refractivity contribution in [1.29, 1.82) is 0 Å². The second kappa shape index (κ2) is 10.5. The molecule has 30 heavy (non-hydrogen) atoms. The molecule has 2 saturated heterocycles. The van der Waals surface area contributed by atoms with E-state index in [4.69, 9.17) is 32.7 Å². The molecule has 0 spiro atoms. The Morgan fingerprint density at radius 2 is 0.967 bits per heavy atom. The molecule has 6 nitrogen and oxygen atoms in total. The molecule has 0 aromatic heterocycles. The molecule has 0 amide bonds. The first-order chi connectivity index (χ1) is 13.4. The third kappa shape index (κ3) is 7.03. The van der Waals surface area contributed by atoms with E-state index in [0.29, 0.717) is 22.7 Å². The van der Waals surface area contributed by atoms with Gasteiger partial charge in [0.05, 0.1) is 13.2 Å². The molecule has 0 saturated carbocycles. The molecule has 2 fully saturated rings. The standard InChI is InChI=1S/2C10H23N2OPS/c2*1-10(2,3)9-7-12(6)14(15,11(4)5)13-8-9/h2*9H,7-8H2,1-6H3. The minimum absolute atomic E-state index is 0.293. The van der Waals surface area contributed by atoms with Crippen LogP contribution < -0.4 is 0 Å². The lowest BCUT2D eigenvalue weighted by molar-refractivity contribution is 0.0924. The Balaban J connectivity index is 0.000000300. The molecule has 0 aromatic rings. The topological polar surface area (TPSA) is 31.4 Å². The predicted molar refractivity (Wildman–Crippen MR) is 139 cm³/mol. The molecule has 4 atom stereocenters. The second-order valence-electron chi connectivity index (χ2n) is 11.1. The highest BCUT2D eigenvalue weighted by atomic mass is 32.5. The summed E-state index contributed by atoms with van der Waals surface area (Å²) in [6, 6.07) is 0. The van der Waals surface area contributed by atoms with Crippen molar-refractivity contribution >= 4 is 36.7 Å². The van der Waals surface area contributed by atoms with Crippen molar-refractivity contribution in [3.63, 3.8) is 0 Å². The van der Waals surface area contributed by atoms with E-state index >= 15 is 0 Å². The van der Waals surface area contributed by atoms with Crippen LogP contribution in [0.5, 0.6) is 0 Å². The summed E-state index contributed by atoms with van der Waals surface area (Å²) in [4.78, 5) is 0. The Labute approximate surface area is 197 Å². The SMILES string of the molecule is CN(C)P1(=S)OCC(C(C)(C)C)CN1C.CN(C)P1(=S)OCC(C(C)(C)C)CN1C. The van der Waals surface area contributed by atoms with Crippen molar-refractivity contribution in [2.45, 2.75) is 41.5 Å².